The van der Waals surface area contributed by atoms with Gasteiger partial charge in [-0.05, 0) is 61.7 Å². The van der Waals surface area contributed by atoms with Crippen LogP contribution in [-0.4, -0.2) is 4.98 Å². The molecular weight excluding hydrogens is 227 g/mol. The van der Waals surface area contributed by atoms with Crippen molar-refractivity contribution in [1.82, 2.24) is 4.98 Å². The molecule has 2 nitrogen and oxygen atoms in total. The maximum atomic E-state index is 13.3. The quantitative estimate of drug-likeness (QED) is 0.881. The lowest BCUT2D eigenvalue weighted by Crippen LogP contribution is -2.14. The Bertz CT molecular complexity index is 558. The van der Waals surface area contributed by atoms with Crippen molar-refractivity contribution in [2.24, 2.45) is 5.73 Å². The Morgan fingerprint density at radius 1 is 1.06 bits per heavy atom. The summed E-state index contributed by atoms with van der Waals surface area (Å²) in [5, 5.41) is 0. The van der Waals surface area contributed by atoms with Gasteiger partial charge in [-0.15, -0.1) is 0 Å². The summed E-state index contributed by atoms with van der Waals surface area (Å²) in [6.07, 6.45) is 0. The molecule has 0 aliphatic heterocycles. The Kier molecular flexibility index (Phi) is 3.43. The molecule has 0 aliphatic carbocycles. The average Bonchev–Trinajstić information content (AvgIpc) is 2.30. The predicted molar refractivity (Wildman–Crippen MR) is 70.9 cm³/mol. The lowest BCUT2D eigenvalue weighted by atomic mass is 9.95. The summed E-state index contributed by atoms with van der Waals surface area (Å²) >= 11 is 0. The monoisotopic (exact) mass is 244 g/mol. The van der Waals surface area contributed by atoms with Crippen LogP contribution in [0.15, 0.2) is 30.3 Å². The third-order valence-electron chi connectivity index (χ3n) is 3.04. The number of halogens is 1. The van der Waals surface area contributed by atoms with Gasteiger partial charge in [0.2, 0.25) is 0 Å². The van der Waals surface area contributed by atoms with Crippen LogP contribution in [0.4, 0.5) is 4.39 Å². The van der Waals surface area contributed by atoms with E-state index in [4.69, 9.17) is 5.73 Å². The second-order valence-electron chi connectivity index (χ2n) is 4.66. The molecule has 0 amide bonds. The molecule has 1 heterocycles. The van der Waals surface area contributed by atoms with E-state index in [2.05, 4.69) is 4.98 Å². The Balaban J connectivity index is 2.47. The van der Waals surface area contributed by atoms with Gasteiger partial charge in [0, 0.05) is 11.4 Å². The van der Waals surface area contributed by atoms with Crippen molar-refractivity contribution in [3.05, 3.63) is 64.2 Å². The molecule has 0 spiro atoms. The van der Waals surface area contributed by atoms with Gasteiger partial charge in [0.05, 0.1) is 6.04 Å². The van der Waals surface area contributed by atoms with E-state index in [1.165, 1.54) is 12.1 Å². The highest BCUT2D eigenvalue weighted by Crippen LogP contribution is 2.24. The zero-order valence-corrected chi connectivity index (χ0v) is 10.9. The Morgan fingerprint density at radius 3 is 2.28 bits per heavy atom. The van der Waals surface area contributed by atoms with Gasteiger partial charge in [0.15, 0.2) is 0 Å². The normalized spacial score (nSPS) is 12.5. The van der Waals surface area contributed by atoms with Crippen LogP contribution in [0.5, 0.6) is 0 Å². The van der Waals surface area contributed by atoms with Crippen LogP contribution in [0.3, 0.4) is 0 Å². The summed E-state index contributed by atoms with van der Waals surface area (Å²) < 4.78 is 13.3. The van der Waals surface area contributed by atoms with E-state index in [-0.39, 0.29) is 11.9 Å². The van der Waals surface area contributed by atoms with Crippen molar-refractivity contribution in [2.75, 3.05) is 0 Å². The van der Waals surface area contributed by atoms with Crippen molar-refractivity contribution in [2.45, 2.75) is 26.8 Å². The molecule has 94 valence electrons. The molecular formula is C15H17FN2. The first-order chi connectivity index (χ1) is 8.47. The topological polar surface area (TPSA) is 38.9 Å². The van der Waals surface area contributed by atoms with Crippen LogP contribution in [0.1, 0.15) is 34.1 Å². The molecule has 1 atom stereocenters. The van der Waals surface area contributed by atoms with Gasteiger partial charge >= 0.3 is 0 Å². The van der Waals surface area contributed by atoms with Crippen molar-refractivity contribution >= 4 is 0 Å². The molecule has 0 bridgehead atoms. The van der Waals surface area contributed by atoms with E-state index in [0.29, 0.717) is 0 Å². The second-order valence-corrected chi connectivity index (χ2v) is 4.66. The molecule has 0 fully saturated rings. The Morgan fingerprint density at radius 2 is 1.67 bits per heavy atom. The first kappa shape index (κ1) is 12.7. The highest BCUT2D eigenvalue weighted by atomic mass is 19.1. The van der Waals surface area contributed by atoms with Gasteiger partial charge in [-0.2, -0.15) is 0 Å². The Labute approximate surface area is 107 Å². The molecule has 0 aliphatic rings. The summed E-state index contributed by atoms with van der Waals surface area (Å²) in [5.41, 5.74) is 10.9. The predicted octanol–water partition coefficient (Wildman–Crippen LogP) is 3.19. The van der Waals surface area contributed by atoms with E-state index >= 15 is 0 Å². The first-order valence-corrected chi connectivity index (χ1v) is 5.94. The van der Waals surface area contributed by atoms with E-state index < -0.39 is 0 Å². The number of benzene rings is 1. The molecule has 2 N–H and O–H groups in total. The lowest BCUT2D eigenvalue weighted by Gasteiger charge is -2.16. The smallest absolute Gasteiger partial charge is 0.123 e. The van der Waals surface area contributed by atoms with Gasteiger partial charge in [-0.3, -0.25) is 4.98 Å². The van der Waals surface area contributed by atoms with Crippen LogP contribution in [0.25, 0.3) is 0 Å². The van der Waals surface area contributed by atoms with Gasteiger partial charge in [-0.25, -0.2) is 4.39 Å². The van der Waals surface area contributed by atoms with Crippen LogP contribution >= 0.6 is 0 Å². The second kappa shape index (κ2) is 4.86. The number of hydrogen-bond acceptors (Lipinski definition) is 2. The van der Waals surface area contributed by atoms with Crippen molar-refractivity contribution in [1.29, 1.82) is 0 Å². The van der Waals surface area contributed by atoms with Crippen LogP contribution in [0.2, 0.25) is 0 Å². The van der Waals surface area contributed by atoms with Gasteiger partial charge in [-0.1, -0.05) is 6.07 Å². The number of hydrogen-bond donors (Lipinski definition) is 1. The Hall–Kier alpha value is -1.74. The molecule has 3 heteroatoms. The number of aryl methyl sites for hydroxylation is 3. The van der Waals surface area contributed by atoms with Crippen LogP contribution < -0.4 is 5.73 Å². The number of pyridine rings is 1. The van der Waals surface area contributed by atoms with Crippen LogP contribution in [0, 0.1) is 26.6 Å². The van der Waals surface area contributed by atoms with E-state index in [1.54, 1.807) is 6.07 Å². The molecule has 0 saturated carbocycles. The molecule has 2 rings (SSSR count). The van der Waals surface area contributed by atoms with Crippen molar-refractivity contribution in [3.63, 3.8) is 0 Å². The number of nitrogens with two attached hydrogens (primary N) is 1. The standard InChI is InChI=1S/C15H17FN2/c1-9-4-5-13(16)8-14(9)15(17)12-6-10(2)18-11(3)7-12/h4-8,15H,17H2,1-3H3. The lowest BCUT2D eigenvalue weighted by molar-refractivity contribution is 0.622. The fourth-order valence-corrected chi connectivity index (χ4v) is 2.17. The maximum absolute atomic E-state index is 13.3. The summed E-state index contributed by atoms with van der Waals surface area (Å²) in [4.78, 5) is 4.32. The van der Waals surface area contributed by atoms with E-state index in [0.717, 1.165) is 28.1 Å². The highest BCUT2D eigenvalue weighted by molar-refractivity contribution is 5.37. The van der Waals surface area contributed by atoms with Crippen LogP contribution in [-0.2, 0) is 0 Å². The van der Waals surface area contributed by atoms with E-state index in [1.807, 2.05) is 32.9 Å². The van der Waals surface area contributed by atoms with Gasteiger partial charge in [0.1, 0.15) is 5.82 Å². The average molecular weight is 244 g/mol. The molecule has 1 aromatic heterocycles. The fraction of sp³-hybridized carbons (Fsp3) is 0.267. The minimum Gasteiger partial charge on any atom is -0.320 e. The first-order valence-electron chi connectivity index (χ1n) is 5.94. The van der Waals surface area contributed by atoms with E-state index in [9.17, 15) is 4.39 Å². The zero-order valence-electron chi connectivity index (χ0n) is 10.9. The minimum atomic E-state index is -0.318. The third-order valence-corrected chi connectivity index (χ3v) is 3.04. The molecule has 18 heavy (non-hydrogen) atoms. The van der Waals surface area contributed by atoms with Crippen molar-refractivity contribution < 1.29 is 4.39 Å². The van der Waals surface area contributed by atoms with Gasteiger partial charge in [0.25, 0.3) is 0 Å². The maximum Gasteiger partial charge on any atom is 0.123 e. The summed E-state index contributed by atoms with van der Waals surface area (Å²) in [6.45, 7) is 5.80. The largest absolute Gasteiger partial charge is 0.320 e. The minimum absolute atomic E-state index is 0.256. The summed E-state index contributed by atoms with van der Waals surface area (Å²) in [5.74, 6) is -0.256. The number of aromatic nitrogens is 1. The molecule has 2 aromatic rings. The van der Waals surface area contributed by atoms with Crippen molar-refractivity contribution in [3.8, 4) is 0 Å². The highest BCUT2D eigenvalue weighted by Gasteiger charge is 2.13. The molecule has 0 radical (unpaired) electrons. The third kappa shape index (κ3) is 2.57. The van der Waals surface area contributed by atoms with Gasteiger partial charge < -0.3 is 5.73 Å². The summed E-state index contributed by atoms with van der Waals surface area (Å²) in [6, 6.07) is 8.29. The SMILES string of the molecule is Cc1cc(C(N)c2cc(F)ccc2C)cc(C)n1. The zero-order chi connectivity index (χ0) is 13.3. The number of nitrogens with zero attached hydrogens (tertiary/aromatic N) is 1. The molecule has 1 unspecified atom stereocenters. The molecule has 0 saturated heterocycles. The molecule has 1 aromatic carbocycles. The fourth-order valence-electron chi connectivity index (χ4n) is 2.17. The summed E-state index contributed by atoms with van der Waals surface area (Å²) in [7, 11) is 0. The number of rotatable bonds is 2.